The van der Waals surface area contributed by atoms with Gasteiger partial charge >= 0.3 is 0 Å². The minimum atomic E-state index is -0.539. The van der Waals surface area contributed by atoms with Gasteiger partial charge in [0.05, 0.1) is 11.1 Å². The van der Waals surface area contributed by atoms with E-state index in [-0.39, 0.29) is 11.0 Å². The molecule has 3 nitrogen and oxygen atoms in total. The first-order valence-corrected chi connectivity index (χ1v) is 8.01. The van der Waals surface area contributed by atoms with Crippen LogP contribution in [0, 0.1) is 11.3 Å². The summed E-state index contributed by atoms with van der Waals surface area (Å²) >= 11 is 0. The normalized spacial score (nSPS) is 53.8. The highest BCUT2D eigenvalue weighted by Crippen LogP contribution is 2.66. The third kappa shape index (κ3) is 1.33. The van der Waals surface area contributed by atoms with Crippen LogP contribution in [-0.2, 0) is 4.79 Å². The highest BCUT2D eigenvalue weighted by molar-refractivity contribution is 5.93. The quantitative estimate of drug-likeness (QED) is 0.728. The first-order chi connectivity index (χ1) is 9.00. The van der Waals surface area contributed by atoms with Crippen LogP contribution in [0.2, 0.25) is 0 Å². The van der Waals surface area contributed by atoms with Crippen LogP contribution >= 0.6 is 0 Å². The topological polar surface area (TPSA) is 40.5 Å². The molecule has 2 heterocycles. The summed E-state index contributed by atoms with van der Waals surface area (Å²) in [6.07, 6.45) is 8.25. The van der Waals surface area contributed by atoms with Crippen molar-refractivity contribution < 1.29 is 9.90 Å². The van der Waals surface area contributed by atoms with Gasteiger partial charge in [-0.15, -0.1) is 0 Å². The van der Waals surface area contributed by atoms with Gasteiger partial charge in [-0.25, -0.2) is 0 Å². The van der Waals surface area contributed by atoms with Gasteiger partial charge in [0.2, 0.25) is 0 Å². The zero-order chi connectivity index (χ0) is 13.3. The van der Waals surface area contributed by atoms with E-state index in [1.807, 2.05) is 6.92 Å². The molecule has 0 aromatic rings. The number of piperidine rings is 1. The summed E-state index contributed by atoms with van der Waals surface area (Å²) in [5, 5.41) is 10.4. The van der Waals surface area contributed by atoms with Gasteiger partial charge in [-0.1, -0.05) is 0 Å². The fraction of sp³-hybridized carbons (Fsp3) is 0.938. The van der Waals surface area contributed by atoms with Crippen LogP contribution in [0.5, 0.6) is 0 Å². The van der Waals surface area contributed by atoms with Crippen molar-refractivity contribution in [1.82, 2.24) is 4.90 Å². The van der Waals surface area contributed by atoms with Crippen LogP contribution in [0.15, 0.2) is 0 Å². The van der Waals surface area contributed by atoms with E-state index in [0.717, 1.165) is 45.2 Å². The second kappa shape index (κ2) is 3.62. The molecule has 0 radical (unpaired) electrons. The maximum atomic E-state index is 12.9. The molecule has 4 fully saturated rings. The zero-order valence-electron chi connectivity index (χ0n) is 12.0. The fourth-order valence-corrected chi connectivity index (χ4v) is 6.19. The number of ketones is 1. The summed E-state index contributed by atoms with van der Waals surface area (Å²) < 4.78 is 0. The monoisotopic (exact) mass is 263 g/mol. The molecule has 2 saturated carbocycles. The van der Waals surface area contributed by atoms with Crippen LogP contribution in [-0.4, -0.2) is 40.0 Å². The molecule has 4 rings (SSSR count). The van der Waals surface area contributed by atoms with Gasteiger partial charge in [0, 0.05) is 6.42 Å². The summed E-state index contributed by atoms with van der Waals surface area (Å²) in [5.74, 6) is 0.942. The average Bonchev–Trinajstić information content (AvgIpc) is 2.87. The molecule has 0 unspecified atom stereocenters. The third-order valence-corrected chi connectivity index (χ3v) is 6.85. The Hall–Kier alpha value is -0.410. The van der Waals surface area contributed by atoms with Crippen molar-refractivity contribution in [3.8, 4) is 0 Å². The van der Waals surface area contributed by atoms with Crippen LogP contribution in [0.25, 0.3) is 0 Å². The highest BCUT2D eigenvalue weighted by Gasteiger charge is 2.70. The molecule has 0 amide bonds. The van der Waals surface area contributed by atoms with Gasteiger partial charge < -0.3 is 5.11 Å². The van der Waals surface area contributed by atoms with E-state index >= 15 is 0 Å². The average molecular weight is 263 g/mol. The Balaban J connectivity index is 1.80. The molecule has 1 N–H and O–H groups in total. The van der Waals surface area contributed by atoms with Crippen molar-refractivity contribution in [2.24, 2.45) is 11.3 Å². The van der Waals surface area contributed by atoms with E-state index in [4.69, 9.17) is 0 Å². The predicted molar refractivity (Wildman–Crippen MR) is 72.8 cm³/mol. The molecule has 19 heavy (non-hydrogen) atoms. The molecule has 3 heteroatoms. The van der Waals surface area contributed by atoms with Gasteiger partial charge in [-0.2, -0.15) is 0 Å². The molecule has 2 saturated heterocycles. The zero-order valence-corrected chi connectivity index (χ0v) is 12.0. The number of hydrogen-bond donors (Lipinski definition) is 1. The Morgan fingerprint density at radius 1 is 1.16 bits per heavy atom. The smallest absolute Gasteiger partial charge is 0.153 e. The van der Waals surface area contributed by atoms with Crippen LogP contribution in [0.3, 0.4) is 0 Å². The summed E-state index contributed by atoms with van der Waals surface area (Å²) in [6, 6.07) is 0. The molecule has 2 aliphatic carbocycles. The van der Waals surface area contributed by atoms with Crippen molar-refractivity contribution in [3.05, 3.63) is 0 Å². The molecule has 106 valence electrons. The molecule has 4 atom stereocenters. The Bertz CT molecular complexity index is 432. The number of nitrogens with zero attached hydrogens (tertiary/aromatic N) is 1. The van der Waals surface area contributed by atoms with E-state index in [0.29, 0.717) is 11.7 Å². The minimum Gasteiger partial charge on any atom is -0.390 e. The number of Topliss-reactive ketones (excluding diaryl/α,β-unsaturated/α-hetero) is 1. The fourth-order valence-electron chi connectivity index (χ4n) is 6.19. The third-order valence-electron chi connectivity index (χ3n) is 6.85. The first-order valence-electron chi connectivity index (χ1n) is 8.01. The maximum absolute atomic E-state index is 12.9. The molecule has 0 bridgehead atoms. The lowest BCUT2D eigenvalue weighted by Gasteiger charge is -2.57. The number of carbonyl (C=O) groups is 1. The molecular formula is C16H25NO2. The van der Waals surface area contributed by atoms with Gasteiger partial charge in [-0.05, 0) is 76.3 Å². The van der Waals surface area contributed by atoms with Crippen molar-refractivity contribution in [2.45, 2.75) is 69.4 Å². The molecule has 0 aromatic heterocycles. The van der Waals surface area contributed by atoms with E-state index in [1.54, 1.807) is 0 Å². The minimum absolute atomic E-state index is 0.119. The lowest BCUT2D eigenvalue weighted by molar-refractivity contribution is -0.143. The Kier molecular flexibility index (Phi) is 2.35. The van der Waals surface area contributed by atoms with Crippen molar-refractivity contribution in [3.63, 3.8) is 0 Å². The van der Waals surface area contributed by atoms with Gasteiger partial charge in [0.15, 0.2) is 5.78 Å². The number of hydrogen-bond acceptors (Lipinski definition) is 3. The van der Waals surface area contributed by atoms with Crippen molar-refractivity contribution >= 4 is 5.78 Å². The van der Waals surface area contributed by atoms with E-state index < -0.39 is 5.60 Å². The van der Waals surface area contributed by atoms with Crippen LogP contribution < -0.4 is 0 Å². The Labute approximate surface area is 115 Å². The predicted octanol–water partition coefficient (Wildman–Crippen LogP) is 2.13. The van der Waals surface area contributed by atoms with E-state index in [2.05, 4.69) is 4.90 Å². The largest absolute Gasteiger partial charge is 0.390 e. The molecule has 2 spiro atoms. The standard InChI is InChI=1S/C16H25NO2/c1-14(19)6-7-15-4-2-8-17-9-3-5-16(15,17)13(18)10-12(15)11-14/h12,19H,2-11H2,1H3/t12-,14+,15-,16-/m1/s1. The first kappa shape index (κ1) is 12.3. The van der Waals surface area contributed by atoms with Crippen LogP contribution in [0.4, 0.5) is 0 Å². The van der Waals surface area contributed by atoms with Crippen molar-refractivity contribution in [2.75, 3.05) is 13.1 Å². The summed E-state index contributed by atoms with van der Waals surface area (Å²) in [5.41, 5.74) is -0.448. The van der Waals surface area contributed by atoms with Crippen molar-refractivity contribution in [1.29, 1.82) is 0 Å². The lowest BCUT2D eigenvalue weighted by atomic mass is 9.54. The SMILES string of the molecule is C[C@]1(O)CC[C@@]23CCCN4CCC[C@]42C(=O)C[C@@H]3C1. The van der Waals surface area contributed by atoms with Gasteiger partial charge in [0.25, 0.3) is 0 Å². The van der Waals surface area contributed by atoms with Gasteiger partial charge in [0.1, 0.15) is 0 Å². The molecule has 0 aromatic carbocycles. The second-order valence-electron chi connectivity index (χ2n) is 7.74. The number of aliphatic hydroxyl groups is 1. The van der Waals surface area contributed by atoms with Crippen LogP contribution in [0.1, 0.15) is 58.3 Å². The highest BCUT2D eigenvalue weighted by atomic mass is 16.3. The Morgan fingerprint density at radius 2 is 1.89 bits per heavy atom. The van der Waals surface area contributed by atoms with E-state index in [1.165, 1.54) is 19.3 Å². The maximum Gasteiger partial charge on any atom is 0.153 e. The molecule has 4 aliphatic rings. The van der Waals surface area contributed by atoms with Gasteiger partial charge in [-0.3, -0.25) is 9.69 Å². The summed E-state index contributed by atoms with van der Waals surface area (Å²) in [4.78, 5) is 15.4. The van der Waals surface area contributed by atoms with E-state index in [9.17, 15) is 9.90 Å². The molecular weight excluding hydrogens is 238 g/mol. The number of carbonyl (C=O) groups excluding carboxylic acids is 1. The summed E-state index contributed by atoms with van der Waals surface area (Å²) in [6.45, 7) is 4.21. The Morgan fingerprint density at radius 3 is 2.68 bits per heavy atom. The number of rotatable bonds is 0. The molecule has 2 aliphatic heterocycles. The lowest BCUT2D eigenvalue weighted by Crippen LogP contribution is -2.63. The summed E-state index contributed by atoms with van der Waals surface area (Å²) in [7, 11) is 0. The second-order valence-corrected chi connectivity index (χ2v) is 7.74.